The molecule has 0 bridgehead atoms. The van der Waals surface area contributed by atoms with E-state index in [4.69, 9.17) is 0 Å². The third-order valence-corrected chi connectivity index (χ3v) is 4.42. The highest BCUT2D eigenvalue weighted by atomic mass is 19.4. The van der Waals surface area contributed by atoms with E-state index in [1.54, 1.807) is 0 Å². The number of halogens is 5. The van der Waals surface area contributed by atoms with Crippen LogP contribution in [0.3, 0.4) is 0 Å². The van der Waals surface area contributed by atoms with Crippen LogP contribution in [0.4, 0.5) is 22.0 Å². The van der Waals surface area contributed by atoms with E-state index in [0.29, 0.717) is 11.3 Å². The largest absolute Gasteiger partial charge is 0.573 e. The molecule has 0 unspecified atom stereocenters. The first-order chi connectivity index (χ1) is 14.2. The van der Waals surface area contributed by atoms with Gasteiger partial charge in [-0.25, -0.2) is 18.7 Å². The monoisotopic (exact) mass is 421 g/mol. The lowest BCUT2D eigenvalue weighted by Crippen LogP contribution is -2.17. The molecule has 1 aliphatic rings. The lowest BCUT2D eigenvalue weighted by atomic mass is 10.0. The molecular weight excluding hydrogens is 409 g/mol. The van der Waals surface area contributed by atoms with Gasteiger partial charge in [-0.3, -0.25) is 4.79 Å². The molecule has 1 N–H and O–H groups in total. The number of nitrogens with zero attached hydrogens (tertiary/aromatic N) is 2. The Bertz CT molecular complexity index is 1110. The quantitative estimate of drug-likeness (QED) is 0.643. The molecule has 0 saturated carbocycles. The summed E-state index contributed by atoms with van der Waals surface area (Å²) in [5, 5.41) is 2.58. The molecule has 4 rings (SSSR count). The Labute approximate surface area is 166 Å². The molecule has 0 atom stereocenters. The molecule has 1 aromatic heterocycles. The van der Waals surface area contributed by atoms with E-state index in [2.05, 4.69) is 20.0 Å². The fourth-order valence-electron chi connectivity index (χ4n) is 3.15. The van der Waals surface area contributed by atoms with E-state index in [9.17, 15) is 26.7 Å². The van der Waals surface area contributed by atoms with Crippen LogP contribution in [0.5, 0.6) is 5.75 Å². The summed E-state index contributed by atoms with van der Waals surface area (Å²) < 4.78 is 69.1. The third kappa shape index (κ3) is 3.93. The summed E-state index contributed by atoms with van der Waals surface area (Å²) in [6.07, 6.45) is -4.78. The van der Waals surface area contributed by atoms with E-state index in [1.165, 1.54) is 18.2 Å². The summed E-state index contributed by atoms with van der Waals surface area (Å²) in [4.78, 5) is 20.5. The van der Waals surface area contributed by atoms with Gasteiger partial charge in [0.2, 0.25) is 0 Å². The first-order valence-corrected chi connectivity index (χ1v) is 8.68. The van der Waals surface area contributed by atoms with Crippen molar-refractivity contribution < 1.29 is 31.5 Å². The van der Waals surface area contributed by atoms with Gasteiger partial charge < -0.3 is 10.1 Å². The van der Waals surface area contributed by atoms with Gasteiger partial charge >= 0.3 is 6.36 Å². The number of nitrogens with one attached hydrogen (secondary N) is 1. The minimum absolute atomic E-state index is 0.0354. The number of benzene rings is 2. The van der Waals surface area contributed by atoms with Crippen molar-refractivity contribution in [2.45, 2.75) is 19.3 Å². The Kier molecular flexibility index (Phi) is 4.84. The molecule has 5 nitrogen and oxygen atoms in total. The summed E-state index contributed by atoms with van der Waals surface area (Å²) in [5.74, 6) is -2.75. The molecule has 3 aromatic rings. The molecular formula is C20H12F5N3O2. The lowest BCUT2D eigenvalue weighted by molar-refractivity contribution is -0.274. The molecule has 2 aromatic carbocycles. The van der Waals surface area contributed by atoms with Crippen molar-refractivity contribution >= 4 is 5.91 Å². The number of carbonyl (C=O) groups excluding carboxylic acids is 1. The van der Waals surface area contributed by atoms with E-state index in [-0.39, 0.29) is 30.0 Å². The Morgan fingerprint density at radius 3 is 2.27 bits per heavy atom. The SMILES string of the molecule is O=C1NCc2nc(-c3c(F)cccc3F)nc(Cc3ccc(OC(F)(F)F)cc3)c21. The Hall–Kier alpha value is -3.56. The number of carbonyl (C=O) groups is 1. The standard InChI is InChI=1S/C20H12F5N3O2/c21-12-2-1-3-13(22)16(12)18-27-14(17-15(28-18)9-26-19(17)29)8-10-4-6-11(7-5-10)30-20(23,24)25/h1-7H,8-9H2,(H,26,29). The van der Waals surface area contributed by atoms with E-state index in [0.717, 1.165) is 24.3 Å². The maximum Gasteiger partial charge on any atom is 0.573 e. The molecule has 10 heteroatoms. The summed E-state index contributed by atoms with van der Waals surface area (Å²) in [6.45, 7) is 0.0745. The van der Waals surface area contributed by atoms with E-state index < -0.39 is 35.2 Å². The van der Waals surface area contributed by atoms with Gasteiger partial charge in [-0.2, -0.15) is 0 Å². The van der Waals surface area contributed by atoms with Gasteiger partial charge in [-0.15, -0.1) is 13.2 Å². The van der Waals surface area contributed by atoms with E-state index in [1.807, 2.05) is 0 Å². The molecule has 30 heavy (non-hydrogen) atoms. The molecule has 1 aliphatic heterocycles. The van der Waals surface area contributed by atoms with Crippen molar-refractivity contribution in [3.8, 4) is 17.1 Å². The maximum absolute atomic E-state index is 14.2. The lowest BCUT2D eigenvalue weighted by Gasteiger charge is -2.11. The van der Waals surface area contributed by atoms with Crippen LogP contribution in [0, 0.1) is 11.6 Å². The highest BCUT2D eigenvalue weighted by Gasteiger charge is 2.31. The number of rotatable bonds is 4. The smallest absolute Gasteiger partial charge is 0.406 e. The molecule has 2 heterocycles. The molecule has 1 amide bonds. The average Bonchev–Trinajstić information content (AvgIpc) is 3.03. The average molecular weight is 421 g/mol. The summed E-state index contributed by atoms with van der Waals surface area (Å²) in [5.41, 5.74) is 0.780. The predicted molar refractivity (Wildman–Crippen MR) is 94.5 cm³/mol. The van der Waals surface area contributed by atoms with Crippen LogP contribution < -0.4 is 10.1 Å². The van der Waals surface area contributed by atoms with Crippen LogP contribution >= 0.6 is 0 Å². The summed E-state index contributed by atoms with van der Waals surface area (Å²) in [7, 11) is 0. The van der Waals surface area contributed by atoms with Crippen molar-refractivity contribution in [1.29, 1.82) is 0 Å². The zero-order valence-corrected chi connectivity index (χ0v) is 15.1. The number of hydrogen-bond donors (Lipinski definition) is 1. The van der Waals surface area contributed by atoms with Gasteiger partial charge in [0.1, 0.15) is 17.4 Å². The Morgan fingerprint density at radius 2 is 1.63 bits per heavy atom. The van der Waals surface area contributed by atoms with Crippen LogP contribution in [0.15, 0.2) is 42.5 Å². The first kappa shape index (κ1) is 19.7. The predicted octanol–water partition coefficient (Wildman–Crippen LogP) is 4.15. The second-order valence-corrected chi connectivity index (χ2v) is 6.46. The van der Waals surface area contributed by atoms with Crippen LogP contribution in [0.1, 0.15) is 27.3 Å². The summed E-state index contributed by atoms with van der Waals surface area (Å²) in [6, 6.07) is 8.36. The minimum atomic E-state index is -4.81. The number of hydrogen-bond acceptors (Lipinski definition) is 4. The number of alkyl halides is 3. The second-order valence-electron chi connectivity index (χ2n) is 6.46. The topological polar surface area (TPSA) is 64.1 Å². The highest BCUT2D eigenvalue weighted by Crippen LogP contribution is 2.28. The second kappa shape index (κ2) is 7.36. The van der Waals surface area contributed by atoms with Gasteiger partial charge in [0.25, 0.3) is 5.91 Å². The number of amides is 1. The van der Waals surface area contributed by atoms with Crippen molar-refractivity contribution in [3.05, 3.63) is 76.6 Å². The Balaban J connectivity index is 1.73. The number of ether oxygens (including phenoxy) is 1. The van der Waals surface area contributed by atoms with Crippen molar-refractivity contribution in [3.63, 3.8) is 0 Å². The molecule has 0 saturated heterocycles. The van der Waals surface area contributed by atoms with Crippen molar-refractivity contribution in [1.82, 2.24) is 15.3 Å². The van der Waals surface area contributed by atoms with Crippen molar-refractivity contribution in [2.24, 2.45) is 0 Å². The minimum Gasteiger partial charge on any atom is -0.406 e. The number of aromatic nitrogens is 2. The highest BCUT2D eigenvalue weighted by molar-refractivity contribution is 5.99. The third-order valence-electron chi connectivity index (χ3n) is 4.42. The van der Waals surface area contributed by atoms with Gasteiger partial charge in [-0.1, -0.05) is 18.2 Å². The normalized spacial score (nSPS) is 13.2. The van der Waals surface area contributed by atoms with Gasteiger partial charge in [0, 0.05) is 6.42 Å². The molecule has 0 aliphatic carbocycles. The first-order valence-electron chi connectivity index (χ1n) is 8.68. The van der Waals surface area contributed by atoms with Crippen LogP contribution in [-0.2, 0) is 13.0 Å². The Morgan fingerprint density at radius 1 is 0.967 bits per heavy atom. The van der Waals surface area contributed by atoms with Crippen LogP contribution in [0.25, 0.3) is 11.4 Å². The molecule has 0 radical (unpaired) electrons. The zero-order chi connectivity index (χ0) is 21.5. The van der Waals surface area contributed by atoms with Gasteiger partial charge in [-0.05, 0) is 29.8 Å². The fraction of sp³-hybridized carbons (Fsp3) is 0.150. The molecule has 0 spiro atoms. The number of fused-ring (bicyclic) bond motifs is 1. The maximum atomic E-state index is 14.2. The molecule has 0 fully saturated rings. The van der Waals surface area contributed by atoms with E-state index >= 15 is 0 Å². The molecule has 154 valence electrons. The summed E-state index contributed by atoms with van der Waals surface area (Å²) >= 11 is 0. The fourth-order valence-corrected chi connectivity index (χ4v) is 3.15. The van der Waals surface area contributed by atoms with Gasteiger partial charge in [0.05, 0.1) is 29.1 Å². The van der Waals surface area contributed by atoms with Crippen LogP contribution in [-0.4, -0.2) is 22.2 Å². The van der Waals surface area contributed by atoms with Crippen LogP contribution in [0.2, 0.25) is 0 Å². The van der Waals surface area contributed by atoms with Crippen molar-refractivity contribution in [2.75, 3.05) is 0 Å². The van der Waals surface area contributed by atoms with Gasteiger partial charge in [0.15, 0.2) is 5.82 Å². The zero-order valence-electron chi connectivity index (χ0n) is 15.1.